The van der Waals surface area contributed by atoms with Crippen molar-refractivity contribution in [3.63, 3.8) is 0 Å². The number of amides is 3. The fourth-order valence-corrected chi connectivity index (χ4v) is 3.09. The molecule has 0 spiro atoms. The second kappa shape index (κ2) is 11.5. The van der Waals surface area contributed by atoms with Gasteiger partial charge in [-0.05, 0) is 48.0 Å². The zero-order valence-electron chi connectivity index (χ0n) is 19.3. The van der Waals surface area contributed by atoms with Crippen molar-refractivity contribution in [3.8, 4) is 11.5 Å². The second-order valence-corrected chi connectivity index (χ2v) is 7.58. The van der Waals surface area contributed by atoms with Crippen molar-refractivity contribution in [2.45, 2.75) is 13.5 Å². The van der Waals surface area contributed by atoms with Gasteiger partial charge < -0.3 is 25.0 Å². The predicted octanol–water partition coefficient (Wildman–Crippen LogP) is 3.94. The van der Waals surface area contributed by atoms with Crippen LogP contribution in [-0.2, 0) is 16.1 Å². The van der Waals surface area contributed by atoms with Gasteiger partial charge in [0, 0.05) is 43.5 Å². The van der Waals surface area contributed by atoms with E-state index < -0.39 is 0 Å². The highest BCUT2D eigenvalue weighted by Gasteiger charge is 2.12. The van der Waals surface area contributed by atoms with Crippen molar-refractivity contribution >= 4 is 29.1 Å². The van der Waals surface area contributed by atoms with Crippen molar-refractivity contribution in [1.82, 2.24) is 4.90 Å². The van der Waals surface area contributed by atoms with Crippen molar-refractivity contribution in [3.05, 3.63) is 83.9 Å². The molecule has 176 valence electrons. The molecule has 0 heterocycles. The molecule has 0 aliphatic carbocycles. The average Bonchev–Trinajstić information content (AvgIpc) is 2.84. The number of carbonyl (C=O) groups excluding carboxylic acids is 3. The normalized spacial score (nSPS) is 10.2. The van der Waals surface area contributed by atoms with Crippen LogP contribution in [0.3, 0.4) is 0 Å². The van der Waals surface area contributed by atoms with Gasteiger partial charge in [0.2, 0.25) is 5.91 Å². The van der Waals surface area contributed by atoms with Crippen LogP contribution in [0.1, 0.15) is 22.8 Å². The molecule has 3 amide bonds. The fraction of sp³-hybridized carbons (Fsp3) is 0.192. The first-order chi connectivity index (χ1) is 16.4. The summed E-state index contributed by atoms with van der Waals surface area (Å²) in [4.78, 5) is 38.0. The predicted molar refractivity (Wildman–Crippen MR) is 130 cm³/mol. The molecule has 0 aliphatic heterocycles. The molecular formula is C26H27N3O5. The van der Waals surface area contributed by atoms with E-state index in [-0.39, 0.29) is 24.3 Å². The first kappa shape index (κ1) is 24.3. The Labute approximate surface area is 198 Å². The Bertz CT molecular complexity index is 1160. The molecule has 8 nitrogen and oxygen atoms in total. The lowest BCUT2D eigenvalue weighted by Gasteiger charge is -2.18. The molecule has 2 N–H and O–H groups in total. The summed E-state index contributed by atoms with van der Waals surface area (Å²) in [6.07, 6.45) is 0. The van der Waals surface area contributed by atoms with Crippen LogP contribution >= 0.6 is 0 Å². The average molecular weight is 462 g/mol. The second-order valence-electron chi connectivity index (χ2n) is 7.58. The van der Waals surface area contributed by atoms with Crippen molar-refractivity contribution in [1.29, 1.82) is 0 Å². The minimum absolute atomic E-state index is 0.0612. The van der Waals surface area contributed by atoms with Crippen molar-refractivity contribution in [2.24, 2.45) is 0 Å². The smallest absolute Gasteiger partial charge is 0.262 e. The van der Waals surface area contributed by atoms with Crippen LogP contribution in [0.2, 0.25) is 0 Å². The van der Waals surface area contributed by atoms with Crippen LogP contribution < -0.4 is 20.1 Å². The van der Waals surface area contributed by atoms with E-state index in [4.69, 9.17) is 9.47 Å². The lowest BCUT2D eigenvalue weighted by molar-refractivity contribution is -0.128. The van der Waals surface area contributed by atoms with Crippen molar-refractivity contribution < 1.29 is 23.9 Å². The molecule has 0 aliphatic rings. The van der Waals surface area contributed by atoms with E-state index in [0.29, 0.717) is 35.0 Å². The molecule has 0 aromatic heterocycles. The van der Waals surface area contributed by atoms with Gasteiger partial charge in [0.15, 0.2) is 6.61 Å². The van der Waals surface area contributed by atoms with Gasteiger partial charge in [-0.2, -0.15) is 0 Å². The molecule has 0 saturated carbocycles. The van der Waals surface area contributed by atoms with Gasteiger partial charge in [0.1, 0.15) is 11.5 Å². The Morgan fingerprint density at radius 2 is 1.62 bits per heavy atom. The maximum Gasteiger partial charge on any atom is 0.262 e. The van der Waals surface area contributed by atoms with Crippen LogP contribution in [0.5, 0.6) is 11.5 Å². The minimum Gasteiger partial charge on any atom is -0.497 e. The topological polar surface area (TPSA) is 97.0 Å². The molecule has 3 aromatic carbocycles. The number of rotatable bonds is 9. The largest absolute Gasteiger partial charge is 0.497 e. The maximum atomic E-state index is 12.7. The third-order valence-corrected chi connectivity index (χ3v) is 5.05. The molecule has 3 aromatic rings. The van der Waals surface area contributed by atoms with Crippen LogP contribution in [0, 0.1) is 0 Å². The lowest BCUT2D eigenvalue weighted by atomic mass is 10.1. The Morgan fingerprint density at radius 3 is 2.32 bits per heavy atom. The molecule has 34 heavy (non-hydrogen) atoms. The standard InChI is InChI=1S/C26H27N3O5/c1-18(30)29(2)16-20-7-4-5-10-24(20)28-26(32)19-11-13-22(14-12-19)34-17-25(31)27-21-8-6-9-23(15-21)33-3/h4-15H,16-17H2,1-3H3,(H,27,31)(H,28,32). The monoisotopic (exact) mass is 461 g/mol. The Morgan fingerprint density at radius 1 is 0.882 bits per heavy atom. The van der Waals surface area contributed by atoms with E-state index in [1.54, 1.807) is 73.7 Å². The van der Waals surface area contributed by atoms with E-state index in [0.717, 1.165) is 5.56 Å². The van der Waals surface area contributed by atoms with Crippen LogP contribution in [0.4, 0.5) is 11.4 Å². The van der Waals surface area contributed by atoms with Crippen LogP contribution in [0.15, 0.2) is 72.8 Å². The first-order valence-corrected chi connectivity index (χ1v) is 10.6. The summed E-state index contributed by atoms with van der Waals surface area (Å²) in [6.45, 7) is 1.70. The number of hydrogen-bond acceptors (Lipinski definition) is 5. The fourth-order valence-electron chi connectivity index (χ4n) is 3.09. The summed E-state index contributed by atoms with van der Waals surface area (Å²) >= 11 is 0. The minimum atomic E-state index is -0.317. The third-order valence-electron chi connectivity index (χ3n) is 5.05. The maximum absolute atomic E-state index is 12.7. The van der Waals surface area contributed by atoms with Gasteiger partial charge in [-0.15, -0.1) is 0 Å². The molecule has 0 bridgehead atoms. The number of nitrogens with one attached hydrogen (secondary N) is 2. The number of para-hydroxylation sites is 1. The SMILES string of the molecule is COc1cccc(NC(=O)COc2ccc(C(=O)Nc3ccccc3CN(C)C(C)=O)cc2)c1. The molecule has 0 saturated heterocycles. The van der Waals surface area contributed by atoms with Gasteiger partial charge in [0.25, 0.3) is 11.8 Å². The number of ether oxygens (including phenoxy) is 2. The van der Waals surface area contributed by atoms with Gasteiger partial charge in [-0.3, -0.25) is 14.4 Å². The van der Waals surface area contributed by atoms with E-state index in [2.05, 4.69) is 10.6 Å². The zero-order valence-corrected chi connectivity index (χ0v) is 19.3. The number of nitrogens with zero attached hydrogens (tertiary/aromatic N) is 1. The lowest BCUT2D eigenvalue weighted by Crippen LogP contribution is -2.24. The van der Waals surface area contributed by atoms with Gasteiger partial charge in [-0.25, -0.2) is 0 Å². The van der Waals surface area contributed by atoms with Gasteiger partial charge in [0.05, 0.1) is 7.11 Å². The molecular weight excluding hydrogens is 434 g/mol. The summed E-state index contributed by atoms with van der Waals surface area (Å²) in [6, 6.07) is 20.9. The third kappa shape index (κ3) is 6.83. The molecule has 0 radical (unpaired) electrons. The number of carbonyl (C=O) groups is 3. The molecule has 0 atom stereocenters. The zero-order chi connectivity index (χ0) is 24.5. The number of hydrogen-bond donors (Lipinski definition) is 2. The quantitative estimate of drug-likeness (QED) is 0.503. The highest BCUT2D eigenvalue weighted by molar-refractivity contribution is 6.04. The molecule has 0 fully saturated rings. The summed E-state index contributed by atoms with van der Waals surface area (Å²) in [5.41, 5.74) is 2.50. The van der Waals surface area contributed by atoms with Crippen LogP contribution in [-0.4, -0.2) is 43.4 Å². The van der Waals surface area contributed by atoms with Crippen molar-refractivity contribution in [2.75, 3.05) is 31.4 Å². The first-order valence-electron chi connectivity index (χ1n) is 10.6. The van der Waals surface area contributed by atoms with E-state index in [1.165, 1.54) is 6.92 Å². The van der Waals surface area contributed by atoms with E-state index in [1.807, 2.05) is 18.2 Å². The van der Waals surface area contributed by atoms with E-state index >= 15 is 0 Å². The Balaban J connectivity index is 1.55. The number of anilines is 2. The highest BCUT2D eigenvalue weighted by Crippen LogP contribution is 2.20. The Kier molecular flexibility index (Phi) is 8.23. The summed E-state index contributed by atoms with van der Waals surface area (Å²) in [7, 11) is 3.26. The molecule has 0 unspecified atom stereocenters. The van der Waals surface area contributed by atoms with Gasteiger partial charge in [-0.1, -0.05) is 24.3 Å². The van der Waals surface area contributed by atoms with Gasteiger partial charge >= 0.3 is 0 Å². The summed E-state index contributed by atoms with van der Waals surface area (Å²) in [5, 5.41) is 5.62. The van der Waals surface area contributed by atoms with Crippen LogP contribution in [0.25, 0.3) is 0 Å². The molecule has 3 rings (SSSR count). The number of benzene rings is 3. The van der Waals surface area contributed by atoms with E-state index in [9.17, 15) is 14.4 Å². The Hall–Kier alpha value is -4.33. The number of methoxy groups -OCH3 is 1. The molecule has 8 heteroatoms. The highest BCUT2D eigenvalue weighted by atomic mass is 16.5. The summed E-state index contributed by atoms with van der Waals surface area (Å²) in [5.74, 6) is 0.429. The summed E-state index contributed by atoms with van der Waals surface area (Å²) < 4.78 is 10.7.